The maximum absolute atomic E-state index is 13.6. The fourth-order valence-electron chi connectivity index (χ4n) is 4.42. The first-order valence-corrected chi connectivity index (χ1v) is 10.1. The van der Waals surface area contributed by atoms with Crippen LogP contribution in [-0.2, 0) is 7.05 Å². The zero-order valence-corrected chi connectivity index (χ0v) is 17.2. The topological polar surface area (TPSA) is 96.2 Å². The van der Waals surface area contributed by atoms with Crippen LogP contribution < -0.4 is 20.7 Å². The molecule has 0 bridgehead atoms. The van der Waals surface area contributed by atoms with Crippen LogP contribution in [0.1, 0.15) is 29.0 Å². The molecule has 1 atom stereocenters. The predicted octanol–water partition coefficient (Wildman–Crippen LogP) is 1.70. The van der Waals surface area contributed by atoms with Gasteiger partial charge >= 0.3 is 0 Å². The molecule has 1 N–H and O–H groups in total. The van der Waals surface area contributed by atoms with E-state index in [1.807, 2.05) is 12.1 Å². The SMILES string of the molecule is CNc1ncc2c(n1)N1CCC[C@H]1CN(c1cccc3c(=O)n(C)c(C)nc13)C2=O. The number of para-hydroxylation sites is 1. The Bertz CT molecular complexity index is 1240. The lowest BCUT2D eigenvalue weighted by atomic mass is 10.1. The normalized spacial score (nSPS) is 18.4. The zero-order valence-electron chi connectivity index (χ0n) is 17.2. The number of benzene rings is 1. The van der Waals surface area contributed by atoms with Gasteiger partial charge in [0.1, 0.15) is 22.7 Å². The van der Waals surface area contributed by atoms with Crippen molar-refractivity contribution in [3.8, 4) is 0 Å². The van der Waals surface area contributed by atoms with Crippen molar-refractivity contribution in [2.75, 3.05) is 35.3 Å². The van der Waals surface area contributed by atoms with Crippen molar-refractivity contribution in [3.63, 3.8) is 0 Å². The van der Waals surface area contributed by atoms with Gasteiger partial charge in [-0.05, 0) is 31.9 Å². The van der Waals surface area contributed by atoms with E-state index in [0.717, 1.165) is 19.4 Å². The lowest BCUT2D eigenvalue weighted by molar-refractivity contribution is 0.0988. The van der Waals surface area contributed by atoms with E-state index < -0.39 is 0 Å². The summed E-state index contributed by atoms with van der Waals surface area (Å²) < 4.78 is 1.53. The standard InChI is InChI=1S/C21H23N7O2/c1-12-24-17-14(19(29)26(12)3)7-4-8-16(17)28-11-13-6-5-9-27(13)18-15(20(28)30)10-23-21(22-2)25-18/h4,7-8,10,13H,5-6,9,11H2,1-3H3,(H,22,23,25)/t13-/m0/s1. The summed E-state index contributed by atoms with van der Waals surface area (Å²) in [5, 5.41) is 3.46. The monoisotopic (exact) mass is 405 g/mol. The van der Waals surface area contributed by atoms with Crippen LogP contribution in [0.4, 0.5) is 17.5 Å². The predicted molar refractivity (Wildman–Crippen MR) is 115 cm³/mol. The van der Waals surface area contributed by atoms with E-state index in [1.54, 1.807) is 38.2 Å². The van der Waals surface area contributed by atoms with E-state index in [2.05, 4.69) is 25.2 Å². The highest BCUT2D eigenvalue weighted by Crippen LogP contribution is 2.35. The number of fused-ring (bicyclic) bond motifs is 4. The van der Waals surface area contributed by atoms with Gasteiger partial charge in [0.25, 0.3) is 11.5 Å². The minimum absolute atomic E-state index is 0.119. The highest BCUT2D eigenvalue weighted by atomic mass is 16.2. The molecule has 1 fully saturated rings. The van der Waals surface area contributed by atoms with Crippen molar-refractivity contribution in [1.82, 2.24) is 19.5 Å². The Labute approximate surface area is 173 Å². The Balaban J connectivity index is 1.72. The summed E-state index contributed by atoms with van der Waals surface area (Å²) in [7, 11) is 3.47. The number of rotatable bonds is 2. The van der Waals surface area contributed by atoms with E-state index in [9.17, 15) is 9.59 Å². The second kappa shape index (κ2) is 6.79. The lowest BCUT2D eigenvalue weighted by Gasteiger charge is -2.27. The second-order valence-corrected chi connectivity index (χ2v) is 7.78. The molecule has 1 saturated heterocycles. The van der Waals surface area contributed by atoms with Gasteiger partial charge in [-0.3, -0.25) is 14.2 Å². The number of aromatic nitrogens is 4. The Hall–Kier alpha value is -3.49. The molecule has 2 aromatic heterocycles. The van der Waals surface area contributed by atoms with Gasteiger partial charge in [0.15, 0.2) is 0 Å². The third-order valence-corrected chi connectivity index (χ3v) is 6.11. The number of amides is 1. The van der Waals surface area contributed by atoms with Crippen LogP contribution in [0.2, 0.25) is 0 Å². The van der Waals surface area contributed by atoms with Gasteiger partial charge < -0.3 is 15.1 Å². The molecule has 0 radical (unpaired) electrons. The molecule has 0 spiro atoms. The first kappa shape index (κ1) is 18.5. The Morgan fingerprint density at radius 2 is 2.03 bits per heavy atom. The molecular weight excluding hydrogens is 382 g/mol. The summed E-state index contributed by atoms with van der Waals surface area (Å²) in [6, 6.07) is 5.58. The van der Waals surface area contributed by atoms with Gasteiger partial charge in [-0.1, -0.05) is 6.07 Å². The quantitative estimate of drug-likeness (QED) is 0.693. The maximum atomic E-state index is 13.6. The molecule has 1 amide bonds. The number of aryl methyl sites for hydroxylation is 1. The van der Waals surface area contributed by atoms with Crippen molar-refractivity contribution in [3.05, 3.63) is 46.1 Å². The summed E-state index contributed by atoms with van der Waals surface area (Å²) in [5.41, 5.74) is 1.55. The Kier molecular flexibility index (Phi) is 4.19. The molecule has 154 valence electrons. The third kappa shape index (κ3) is 2.65. The Morgan fingerprint density at radius 3 is 2.83 bits per heavy atom. The molecule has 5 rings (SSSR count). The second-order valence-electron chi connectivity index (χ2n) is 7.78. The maximum Gasteiger partial charge on any atom is 0.263 e. The number of carbonyl (C=O) groups is 1. The van der Waals surface area contributed by atoms with E-state index >= 15 is 0 Å². The minimum Gasteiger partial charge on any atom is -0.357 e. The van der Waals surface area contributed by atoms with Crippen molar-refractivity contribution < 1.29 is 4.79 Å². The average Bonchev–Trinajstić information content (AvgIpc) is 3.19. The number of carbonyl (C=O) groups excluding carboxylic acids is 1. The van der Waals surface area contributed by atoms with Crippen molar-refractivity contribution in [2.45, 2.75) is 25.8 Å². The molecule has 2 aliphatic rings. The van der Waals surface area contributed by atoms with Crippen LogP contribution in [0, 0.1) is 6.92 Å². The molecule has 0 saturated carbocycles. The number of nitrogens with one attached hydrogen (secondary N) is 1. The van der Waals surface area contributed by atoms with Crippen LogP contribution >= 0.6 is 0 Å². The molecule has 3 aromatic rings. The molecule has 30 heavy (non-hydrogen) atoms. The van der Waals surface area contributed by atoms with E-state index in [1.165, 1.54) is 4.57 Å². The van der Waals surface area contributed by atoms with Crippen molar-refractivity contribution in [2.24, 2.45) is 7.05 Å². The number of nitrogens with zero attached hydrogens (tertiary/aromatic N) is 6. The number of hydrogen-bond acceptors (Lipinski definition) is 7. The van der Waals surface area contributed by atoms with Gasteiger partial charge in [0, 0.05) is 39.4 Å². The zero-order chi connectivity index (χ0) is 21.0. The molecule has 0 unspecified atom stereocenters. The Morgan fingerprint density at radius 1 is 1.20 bits per heavy atom. The molecule has 1 aromatic carbocycles. The van der Waals surface area contributed by atoms with Gasteiger partial charge in [-0.15, -0.1) is 0 Å². The molecule has 4 heterocycles. The van der Waals surface area contributed by atoms with E-state index in [0.29, 0.717) is 46.3 Å². The van der Waals surface area contributed by atoms with E-state index in [4.69, 9.17) is 0 Å². The van der Waals surface area contributed by atoms with Gasteiger partial charge in [-0.25, -0.2) is 9.97 Å². The van der Waals surface area contributed by atoms with Crippen LogP contribution in [0.15, 0.2) is 29.2 Å². The van der Waals surface area contributed by atoms with Crippen molar-refractivity contribution in [1.29, 1.82) is 0 Å². The number of hydrogen-bond donors (Lipinski definition) is 1. The molecule has 2 aliphatic heterocycles. The first-order chi connectivity index (χ1) is 14.5. The first-order valence-electron chi connectivity index (χ1n) is 10.1. The van der Waals surface area contributed by atoms with Crippen LogP contribution in [0.25, 0.3) is 10.9 Å². The molecule has 9 nitrogen and oxygen atoms in total. The van der Waals surface area contributed by atoms with E-state index in [-0.39, 0.29) is 17.5 Å². The largest absolute Gasteiger partial charge is 0.357 e. The van der Waals surface area contributed by atoms with Crippen LogP contribution in [-0.4, -0.2) is 51.6 Å². The average molecular weight is 405 g/mol. The van der Waals surface area contributed by atoms with Crippen molar-refractivity contribution >= 4 is 34.3 Å². The highest BCUT2D eigenvalue weighted by molar-refractivity contribution is 6.13. The molecular formula is C21H23N7O2. The molecule has 0 aliphatic carbocycles. The number of anilines is 3. The fourth-order valence-corrected chi connectivity index (χ4v) is 4.42. The third-order valence-electron chi connectivity index (χ3n) is 6.11. The van der Waals surface area contributed by atoms with Crippen LogP contribution in [0.3, 0.4) is 0 Å². The molecule has 9 heteroatoms. The summed E-state index contributed by atoms with van der Waals surface area (Å²) in [5.74, 6) is 1.60. The summed E-state index contributed by atoms with van der Waals surface area (Å²) >= 11 is 0. The van der Waals surface area contributed by atoms with Gasteiger partial charge in [0.05, 0.1) is 11.1 Å². The highest BCUT2D eigenvalue weighted by Gasteiger charge is 2.38. The summed E-state index contributed by atoms with van der Waals surface area (Å²) in [6.07, 6.45) is 3.60. The lowest BCUT2D eigenvalue weighted by Crippen LogP contribution is -2.40. The minimum atomic E-state index is -0.172. The summed E-state index contributed by atoms with van der Waals surface area (Å²) in [6.45, 7) is 3.16. The summed E-state index contributed by atoms with van der Waals surface area (Å²) in [4.78, 5) is 43.9. The fraction of sp³-hybridized carbons (Fsp3) is 0.381. The van der Waals surface area contributed by atoms with Gasteiger partial charge in [-0.2, -0.15) is 4.98 Å². The smallest absolute Gasteiger partial charge is 0.263 e. The van der Waals surface area contributed by atoms with Gasteiger partial charge in [0.2, 0.25) is 5.95 Å². The van der Waals surface area contributed by atoms with Crippen LogP contribution in [0.5, 0.6) is 0 Å².